The largest absolute Gasteiger partial charge is 0.461 e. The maximum atomic E-state index is 14.3. The third kappa shape index (κ3) is 3.84. The Hall–Kier alpha value is -2.96. The Morgan fingerprint density at radius 3 is 2.87 bits per heavy atom. The first-order valence-corrected chi connectivity index (χ1v) is 13.8. The lowest BCUT2D eigenvalue weighted by Crippen LogP contribution is -2.44. The fourth-order valence-electron chi connectivity index (χ4n) is 7.48. The predicted molar refractivity (Wildman–Crippen MR) is 143 cm³/mol. The van der Waals surface area contributed by atoms with Crippen molar-refractivity contribution >= 4 is 11.5 Å². The molecule has 2 aromatic rings. The van der Waals surface area contributed by atoms with E-state index in [0.29, 0.717) is 49.2 Å². The molecule has 2 saturated heterocycles. The number of rotatable bonds is 4. The maximum Gasteiger partial charge on any atom is 0.318 e. The van der Waals surface area contributed by atoms with Crippen molar-refractivity contribution in [3.63, 3.8) is 0 Å². The summed E-state index contributed by atoms with van der Waals surface area (Å²) in [6.45, 7) is 6.00. The molecule has 4 heterocycles. The number of nitrogens with two attached hydrogens (primary N) is 1. The van der Waals surface area contributed by atoms with Crippen molar-refractivity contribution in [3.05, 3.63) is 40.1 Å². The van der Waals surface area contributed by atoms with E-state index in [-0.39, 0.29) is 11.6 Å². The van der Waals surface area contributed by atoms with Gasteiger partial charge in [-0.3, -0.25) is 4.90 Å². The van der Waals surface area contributed by atoms with Crippen LogP contribution in [0.15, 0.2) is 12.1 Å². The van der Waals surface area contributed by atoms with E-state index >= 15 is 0 Å². The summed E-state index contributed by atoms with van der Waals surface area (Å²) in [5.41, 5.74) is 10.2. The Morgan fingerprint density at radius 1 is 1.29 bits per heavy atom. The van der Waals surface area contributed by atoms with Gasteiger partial charge in [0.25, 0.3) is 0 Å². The number of hydrogen-bond donors (Lipinski definition) is 1. The van der Waals surface area contributed by atoms with Crippen molar-refractivity contribution in [1.29, 1.82) is 5.26 Å². The normalized spacial score (nSPS) is 31.9. The minimum Gasteiger partial charge on any atom is -0.461 e. The van der Waals surface area contributed by atoms with Crippen molar-refractivity contribution in [3.8, 4) is 12.1 Å². The Kier molecular flexibility index (Phi) is 6.04. The zero-order valence-electron chi connectivity index (χ0n) is 22.8. The minimum absolute atomic E-state index is 0.272. The molecule has 0 amide bonds. The second-order valence-corrected chi connectivity index (χ2v) is 11.9. The number of benzene rings is 1. The van der Waals surface area contributed by atoms with Crippen LogP contribution in [0.4, 0.5) is 15.9 Å². The number of hydrogen-bond acceptors (Lipinski definition) is 8. The van der Waals surface area contributed by atoms with Gasteiger partial charge in [0.05, 0.1) is 22.9 Å². The number of nitriles is 1. The molecular weight excluding hydrogens is 483 g/mol. The van der Waals surface area contributed by atoms with Gasteiger partial charge in [-0.05, 0) is 56.7 Å². The number of fused-ring (bicyclic) bond motifs is 4. The molecule has 38 heavy (non-hydrogen) atoms. The summed E-state index contributed by atoms with van der Waals surface area (Å²) in [5.74, 6) is 1.07. The van der Waals surface area contributed by atoms with E-state index in [0.717, 1.165) is 60.4 Å². The molecule has 1 aliphatic carbocycles. The third-order valence-corrected chi connectivity index (χ3v) is 9.25. The van der Waals surface area contributed by atoms with E-state index < -0.39 is 11.8 Å². The van der Waals surface area contributed by atoms with Gasteiger partial charge in [-0.2, -0.15) is 15.2 Å². The minimum atomic E-state index is -0.811. The van der Waals surface area contributed by atoms with Gasteiger partial charge in [0.2, 0.25) is 0 Å². The van der Waals surface area contributed by atoms with Crippen LogP contribution in [0.1, 0.15) is 85.9 Å². The topological polar surface area (TPSA) is 101 Å². The molecule has 202 valence electrons. The number of aromatic nitrogens is 2. The Balaban J connectivity index is 1.40. The van der Waals surface area contributed by atoms with Crippen molar-refractivity contribution in [2.45, 2.75) is 81.7 Å². The Morgan fingerprint density at radius 2 is 2.11 bits per heavy atom. The summed E-state index contributed by atoms with van der Waals surface area (Å²) in [6.07, 6.45) is 3.62. The van der Waals surface area contributed by atoms with Gasteiger partial charge >= 0.3 is 6.01 Å². The molecule has 8 nitrogen and oxygen atoms in total. The van der Waals surface area contributed by atoms with Crippen LogP contribution < -0.4 is 15.4 Å². The van der Waals surface area contributed by atoms with E-state index in [1.54, 1.807) is 0 Å². The Bertz CT molecular complexity index is 1310. The molecule has 2 fully saturated rings. The van der Waals surface area contributed by atoms with E-state index in [9.17, 15) is 9.65 Å². The molecule has 0 radical (unpaired) electrons. The average molecular weight is 521 g/mol. The van der Waals surface area contributed by atoms with Gasteiger partial charge in [0, 0.05) is 50.3 Å². The molecule has 2 N–H and O–H groups in total. The van der Waals surface area contributed by atoms with E-state index in [1.807, 2.05) is 38.1 Å². The van der Waals surface area contributed by atoms with Crippen LogP contribution in [0.2, 0.25) is 0 Å². The van der Waals surface area contributed by atoms with Gasteiger partial charge in [0.15, 0.2) is 0 Å². The smallest absolute Gasteiger partial charge is 0.318 e. The van der Waals surface area contributed by atoms with Crippen LogP contribution in [0.5, 0.6) is 6.01 Å². The van der Waals surface area contributed by atoms with E-state index in [4.69, 9.17) is 25.2 Å². The van der Waals surface area contributed by atoms with E-state index in [2.05, 4.69) is 17.9 Å². The standard InChI is InChI=1S/C29H37FN6O2/c1-17-8-10-29(25-20(17)6-7-22(32)21(25)14-31)13-23-24(18(2)38-29)26(35(3)4)34-27(33-23)37-16-28-9-5-11-36(28)15-19(30)12-28/h6-7,17-19H,5,8-13,15-16,32H2,1-4H3/t17-,18+,19+,28-,29-/m0/s1. The quantitative estimate of drug-likeness (QED) is 0.593. The van der Waals surface area contributed by atoms with Gasteiger partial charge in [-0.1, -0.05) is 13.0 Å². The second-order valence-electron chi connectivity index (χ2n) is 11.9. The van der Waals surface area contributed by atoms with Gasteiger partial charge in [0.1, 0.15) is 30.3 Å². The number of anilines is 2. The summed E-state index contributed by atoms with van der Waals surface area (Å²) < 4.78 is 27.5. The van der Waals surface area contributed by atoms with Crippen LogP contribution in [0.3, 0.4) is 0 Å². The molecule has 1 aromatic heterocycles. The van der Waals surface area contributed by atoms with Crippen molar-refractivity contribution in [2.75, 3.05) is 44.4 Å². The molecule has 0 unspecified atom stereocenters. The third-order valence-electron chi connectivity index (χ3n) is 9.25. The van der Waals surface area contributed by atoms with Crippen LogP contribution in [-0.4, -0.2) is 60.4 Å². The molecular formula is C29H37FN6O2. The number of nitrogen functional groups attached to an aromatic ring is 1. The SMILES string of the molecule is C[C@H]1CC[C@]2(Cc3nc(OC[C@@]45CCCN4C[C@H](F)C5)nc(N(C)C)c3[C@@H](C)O2)c2c1ccc(N)c2C#N. The number of halogens is 1. The molecule has 1 spiro atoms. The molecule has 3 aliphatic heterocycles. The first-order chi connectivity index (χ1) is 18.2. The maximum absolute atomic E-state index is 14.3. The summed E-state index contributed by atoms with van der Waals surface area (Å²) in [5, 5.41) is 10.1. The molecule has 0 saturated carbocycles. The monoisotopic (exact) mass is 520 g/mol. The van der Waals surface area contributed by atoms with Gasteiger partial charge < -0.3 is 20.1 Å². The molecule has 6 rings (SSSR count). The lowest BCUT2D eigenvalue weighted by Gasteiger charge is -2.47. The van der Waals surface area contributed by atoms with Crippen LogP contribution >= 0.6 is 0 Å². The number of ether oxygens (including phenoxy) is 2. The van der Waals surface area contributed by atoms with Crippen molar-refractivity contribution in [1.82, 2.24) is 14.9 Å². The summed E-state index contributed by atoms with van der Waals surface area (Å²) in [4.78, 5) is 13.9. The van der Waals surface area contributed by atoms with Gasteiger partial charge in [-0.15, -0.1) is 0 Å². The summed E-state index contributed by atoms with van der Waals surface area (Å²) in [7, 11) is 3.91. The van der Waals surface area contributed by atoms with Crippen LogP contribution in [0.25, 0.3) is 0 Å². The molecule has 0 bridgehead atoms. The predicted octanol–water partition coefficient (Wildman–Crippen LogP) is 4.38. The summed E-state index contributed by atoms with van der Waals surface area (Å²) in [6, 6.07) is 6.57. The second kappa shape index (κ2) is 9.06. The highest BCUT2D eigenvalue weighted by Gasteiger charge is 2.50. The first-order valence-electron chi connectivity index (χ1n) is 13.8. The van der Waals surface area contributed by atoms with Crippen molar-refractivity contribution < 1.29 is 13.9 Å². The average Bonchev–Trinajstić information content (AvgIpc) is 3.40. The van der Waals surface area contributed by atoms with E-state index in [1.165, 1.54) is 0 Å². The van der Waals surface area contributed by atoms with Crippen LogP contribution in [-0.2, 0) is 16.8 Å². The molecule has 4 aliphatic rings. The zero-order valence-corrected chi connectivity index (χ0v) is 22.8. The first kappa shape index (κ1) is 25.3. The lowest BCUT2D eigenvalue weighted by atomic mass is 9.69. The van der Waals surface area contributed by atoms with Gasteiger partial charge in [-0.25, -0.2) is 4.39 Å². The fourth-order valence-corrected chi connectivity index (χ4v) is 7.48. The molecule has 9 heteroatoms. The fraction of sp³-hybridized carbons (Fsp3) is 0.621. The number of nitrogens with zero attached hydrogens (tertiary/aromatic N) is 5. The lowest BCUT2D eigenvalue weighted by molar-refractivity contribution is -0.118. The highest BCUT2D eigenvalue weighted by atomic mass is 19.1. The highest BCUT2D eigenvalue weighted by molar-refractivity contribution is 5.64. The number of alkyl halides is 1. The zero-order chi connectivity index (χ0) is 26.8. The van der Waals surface area contributed by atoms with Crippen molar-refractivity contribution in [2.24, 2.45) is 0 Å². The highest BCUT2D eigenvalue weighted by Crippen LogP contribution is 2.53. The Labute approximate surface area is 223 Å². The summed E-state index contributed by atoms with van der Waals surface area (Å²) >= 11 is 0. The molecule has 1 aromatic carbocycles. The van der Waals surface area contributed by atoms with Crippen LogP contribution in [0, 0.1) is 11.3 Å². The molecule has 5 atom stereocenters.